The van der Waals surface area contributed by atoms with Crippen molar-refractivity contribution in [1.29, 1.82) is 0 Å². The summed E-state index contributed by atoms with van der Waals surface area (Å²) in [7, 11) is 2.04. The molecule has 1 aliphatic heterocycles. The predicted octanol–water partition coefficient (Wildman–Crippen LogP) is 2.55. The fourth-order valence-corrected chi connectivity index (χ4v) is 2.38. The topological polar surface area (TPSA) is 21.3 Å². The molecule has 0 amide bonds. The van der Waals surface area contributed by atoms with Gasteiger partial charge >= 0.3 is 0 Å². The van der Waals surface area contributed by atoms with E-state index < -0.39 is 0 Å². The molecule has 1 aromatic rings. The average molecular weight is 205 g/mol. The molecule has 0 aliphatic carbocycles. The molecular weight excluding hydrogens is 186 g/mol. The number of benzene rings is 1. The molecule has 0 saturated heterocycles. The Kier molecular flexibility index (Phi) is 3.27. The van der Waals surface area contributed by atoms with Gasteiger partial charge in [0.1, 0.15) is 5.75 Å². The van der Waals surface area contributed by atoms with Gasteiger partial charge in [-0.05, 0) is 19.5 Å². The number of ether oxygens (including phenoxy) is 1. The highest BCUT2D eigenvalue weighted by Crippen LogP contribution is 2.36. The first kappa shape index (κ1) is 10.5. The number of fused-ring (bicyclic) bond motifs is 1. The lowest BCUT2D eigenvalue weighted by atomic mass is 9.91. The van der Waals surface area contributed by atoms with Gasteiger partial charge in [-0.3, -0.25) is 0 Å². The molecule has 0 aromatic heterocycles. The van der Waals surface area contributed by atoms with Crippen LogP contribution in [0.2, 0.25) is 0 Å². The van der Waals surface area contributed by atoms with Crippen LogP contribution in [0.5, 0.6) is 5.75 Å². The highest BCUT2D eigenvalue weighted by molar-refractivity contribution is 5.40. The second-order valence-electron chi connectivity index (χ2n) is 4.14. The number of nitrogens with one attached hydrogen (secondary N) is 1. The summed E-state index contributed by atoms with van der Waals surface area (Å²) in [5, 5.41) is 3.41. The molecule has 0 spiro atoms. The molecule has 15 heavy (non-hydrogen) atoms. The highest BCUT2D eigenvalue weighted by Gasteiger charge is 2.29. The van der Waals surface area contributed by atoms with Crippen LogP contribution in [0.25, 0.3) is 0 Å². The Morgan fingerprint density at radius 2 is 2.27 bits per heavy atom. The molecule has 0 saturated carbocycles. The van der Waals surface area contributed by atoms with Crippen LogP contribution in [0.1, 0.15) is 31.2 Å². The van der Waals surface area contributed by atoms with E-state index in [1.807, 2.05) is 13.1 Å². The van der Waals surface area contributed by atoms with Gasteiger partial charge < -0.3 is 10.1 Å². The van der Waals surface area contributed by atoms with E-state index in [2.05, 4.69) is 30.4 Å². The van der Waals surface area contributed by atoms with Crippen LogP contribution in [0.15, 0.2) is 24.3 Å². The SMILES string of the molecule is CCCC(NC)C1COc2ccccc21. The minimum Gasteiger partial charge on any atom is -0.493 e. The van der Waals surface area contributed by atoms with E-state index in [1.54, 1.807) is 0 Å². The molecule has 2 unspecified atom stereocenters. The Hall–Kier alpha value is -1.02. The minimum atomic E-state index is 0.520. The number of hydrogen-bond acceptors (Lipinski definition) is 2. The van der Waals surface area contributed by atoms with E-state index in [0.717, 1.165) is 12.4 Å². The Balaban J connectivity index is 2.18. The van der Waals surface area contributed by atoms with Crippen LogP contribution in [-0.2, 0) is 0 Å². The number of para-hydroxylation sites is 1. The van der Waals surface area contributed by atoms with Crippen molar-refractivity contribution in [1.82, 2.24) is 5.32 Å². The van der Waals surface area contributed by atoms with Gasteiger partial charge in [0.25, 0.3) is 0 Å². The van der Waals surface area contributed by atoms with Crippen LogP contribution in [0.3, 0.4) is 0 Å². The zero-order chi connectivity index (χ0) is 10.7. The van der Waals surface area contributed by atoms with E-state index >= 15 is 0 Å². The first-order valence-corrected chi connectivity index (χ1v) is 5.75. The standard InChI is InChI=1S/C13H19NO/c1-3-6-12(14-2)11-9-15-13-8-5-4-7-10(11)13/h4-5,7-8,11-12,14H,3,6,9H2,1-2H3. The molecule has 1 heterocycles. The second kappa shape index (κ2) is 4.67. The van der Waals surface area contributed by atoms with Gasteiger partial charge in [0.15, 0.2) is 0 Å². The third kappa shape index (κ3) is 2.00. The summed E-state index contributed by atoms with van der Waals surface area (Å²) in [6.07, 6.45) is 2.42. The largest absolute Gasteiger partial charge is 0.493 e. The molecule has 2 heteroatoms. The Morgan fingerprint density at radius 1 is 1.47 bits per heavy atom. The molecule has 82 valence electrons. The lowest BCUT2D eigenvalue weighted by Gasteiger charge is -2.21. The summed E-state index contributed by atoms with van der Waals surface area (Å²) in [4.78, 5) is 0. The molecule has 2 rings (SSSR count). The van der Waals surface area contributed by atoms with Crippen LogP contribution in [0, 0.1) is 0 Å². The van der Waals surface area contributed by atoms with E-state index in [-0.39, 0.29) is 0 Å². The zero-order valence-electron chi connectivity index (χ0n) is 9.49. The van der Waals surface area contributed by atoms with Crippen LogP contribution in [0.4, 0.5) is 0 Å². The first-order valence-electron chi connectivity index (χ1n) is 5.75. The Labute approximate surface area is 91.6 Å². The lowest BCUT2D eigenvalue weighted by Crippen LogP contribution is -2.32. The molecule has 1 aromatic carbocycles. The van der Waals surface area contributed by atoms with E-state index in [1.165, 1.54) is 18.4 Å². The molecule has 0 radical (unpaired) electrons. The van der Waals surface area contributed by atoms with Gasteiger partial charge in [-0.1, -0.05) is 31.5 Å². The number of likely N-dealkylation sites (N-methyl/N-ethyl adjacent to an activating group) is 1. The normalized spacial score (nSPS) is 20.8. The van der Waals surface area contributed by atoms with Gasteiger partial charge in [-0.2, -0.15) is 0 Å². The van der Waals surface area contributed by atoms with E-state index in [4.69, 9.17) is 4.74 Å². The third-order valence-electron chi connectivity index (χ3n) is 3.19. The summed E-state index contributed by atoms with van der Waals surface area (Å²) in [6.45, 7) is 3.05. The Bertz CT molecular complexity index is 324. The third-order valence-corrected chi connectivity index (χ3v) is 3.19. The van der Waals surface area contributed by atoms with Gasteiger partial charge in [0.2, 0.25) is 0 Å². The summed E-state index contributed by atoms with van der Waals surface area (Å²) < 4.78 is 5.70. The summed E-state index contributed by atoms with van der Waals surface area (Å²) >= 11 is 0. The van der Waals surface area contributed by atoms with Gasteiger partial charge in [-0.25, -0.2) is 0 Å². The van der Waals surface area contributed by atoms with E-state index in [0.29, 0.717) is 12.0 Å². The second-order valence-corrected chi connectivity index (χ2v) is 4.14. The van der Waals surface area contributed by atoms with Crippen molar-refractivity contribution >= 4 is 0 Å². The van der Waals surface area contributed by atoms with Crippen LogP contribution >= 0.6 is 0 Å². The van der Waals surface area contributed by atoms with Gasteiger partial charge in [0.05, 0.1) is 6.61 Å². The first-order chi connectivity index (χ1) is 7.36. The molecule has 2 atom stereocenters. The van der Waals surface area contributed by atoms with Crippen molar-refractivity contribution < 1.29 is 4.74 Å². The Morgan fingerprint density at radius 3 is 3.00 bits per heavy atom. The van der Waals surface area contributed by atoms with Gasteiger partial charge in [-0.15, -0.1) is 0 Å². The molecule has 0 fully saturated rings. The van der Waals surface area contributed by atoms with Crippen molar-refractivity contribution in [2.45, 2.75) is 31.7 Å². The predicted molar refractivity (Wildman–Crippen MR) is 62.4 cm³/mol. The summed E-state index contributed by atoms with van der Waals surface area (Å²) in [5.41, 5.74) is 1.37. The van der Waals surface area contributed by atoms with Crippen molar-refractivity contribution in [2.24, 2.45) is 0 Å². The highest BCUT2D eigenvalue weighted by atomic mass is 16.5. The monoisotopic (exact) mass is 205 g/mol. The molecule has 2 nitrogen and oxygen atoms in total. The molecule has 0 bridgehead atoms. The van der Waals surface area contributed by atoms with Crippen LogP contribution < -0.4 is 10.1 Å². The number of rotatable bonds is 4. The quantitative estimate of drug-likeness (QED) is 0.815. The maximum Gasteiger partial charge on any atom is 0.122 e. The fraction of sp³-hybridized carbons (Fsp3) is 0.538. The van der Waals surface area contributed by atoms with Crippen molar-refractivity contribution in [3.8, 4) is 5.75 Å². The smallest absolute Gasteiger partial charge is 0.122 e. The lowest BCUT2D eigenvalue weighted by molar-refractivity contribution is 0.296. The minimum absolute atomic E-state index is 0.520. The van der Waals surface area contributed by atoms with E-state index in [9.17, 15) is 0 Å². The van der Waals surface area contributed by atoms with Gasteiger partial charge in [0, 0.05) is 17.5 Å². The zero-order valence-corrected chi connectivity index (χ0v) is 9.49. The average Bonchev–Trinajstić information content (AvgIpc) is 2.70. The van der Waals surface area contributed by atoms with Crippen molar-refractivity contribution in [2.75, 3.05) is 13.7 Å². The molecular formula is C13H19NO. The summed E-state index contributed by atoms with van der Waals surface area (Å²) in [5.74, 6) is 1.59. The molecule has 1 aliphatic rings. The maximum atomic E-state index is 5.70. The van der Waals surface area contributed by atoms with Crippen molar-refractivity contribution in [3.63, 3.8) is 0 Å². The van der Waals surface area contributed by atoms with Crippen molar-refractivity contribution in [3.05, 3.63) is 29.8 Å². The molecule has 1 N–H and O–H groups in total. The maximum absolute atomic E-state index is 5.70. The number of hydrogen-bond donors (Lipinski definition) is 1. The summed E-state index contributed by atoms with van der Waals surface area (Å²) in [6, 6.07) is 8.92. The van der Waals surface area contributed by atoms with Crippen LogP contribution in [-0.4, -0.2) is 19.7 Å². The fourth-order valence-electron chi connectivity index (χ4n) is 2.38.